The number of nitrogens with one attached hydrogen (secondary N) is 1. The van der Waals surface area contributed by atoms with E-state index in [1.165, 1.54) is 0 Å². The van der Waals surface area contributed by atoms with E-state index in [2.05, 4.69) is 38.1 Å². The van der Waals surface area contributed by atoms with Gasteiger partial charge in [-0.15, -0.1) is 10.2 Å². The van der Waals surface area contributed by atoms with Gasteiger partial charge in [0.2, 0.25) is 0 Å². The van der Waals surface area contributed by atoms with Crippen molar-refractivity contribution in [3.8, 4) is 0 Å². The average molecular weight is 464 g/mol. The van der Waals surface area contributed by atoms with Gasteiger partial charge in [-0.1, -0.05) is 23.9 Å². The summed E-state index contributed by atoms with van der Waals surface area (Å²) in [5, 5.41) is 11.8. The summed E-state index contributed by atoms with van der Waals surface area (Å²) < 4.78 is 3.02. The van der Waals surface area contributed by atoms with Crippen molar-refractivity contribution in [3.05, 3.63) is 69.1 Å². The summed E-state index contributed by atoms with van der Waals surface area (Å²) in [6.07, 6.45) is 1.68. The summed E-state index contributed by atoms with van der Waals surface area (Å²) in [6.45, 7) is 1.99. The molecular formula is C18H17IN4OS. The lowest BCUT2D eigenvalue weighted by atomic mass is 10.1. The van der Waals surface area contributed by atoms with Crippen molar-refractivity contribution in [2.75, 3.05) is 5.32 Å². The van der Waals surface area contributed by atoms with Gasteiger partial charge in [0, 0.05) is 27.6 Å². The highest BCUT2D eigenvalue weighted by Gasteiger charge is 2.09. The molecule has 0 radical (unpaired) electrons. The van der Waals surface area contributed by atoms with E-state index in [0.717, 1.165) is 31.3 Å². The fourth-order valence-electron chi connectivity index (χ4n) is 2.32. The predicted molar refractivity (Wildman–Crippen MR) is 109 cm³/mol. The third-order valence-electron chi connectivity index (χ3n) is 3.66. The van der Waals surface area contributed by atoms with E-state index in [0.29, 0.717) is 5.56 Å². The molecule has 3 rings (SSSR count). The number of aryl methyl sites for hydroxylation is 2. The number of carbonyl (C=O) groups excluding carboxylic acids is 1. The van der Waals surface area contributed by atoms with Crippen LogP contribution in [0.2, 0.25) is 0 Å². The number of rotatable bonds is 5. The molecule has 2 aromatic carbocycles. The van der Waals surface area contributed by atoms with E-state index < -0.39 is 0 Å². The molecule has 0 spiro atoms. The first-order chi connectivity index (χ1) is 12.0. The molecule has 128 valence electrons. The largest absolute Gasteiger partial charge is 0.322 e. The standard InChI is InChI=1S/C18H17IN4OS/c1-12-8-15(19)6-7-16(12)21-17(24)14-5-3-4-13(9-14)10-25-18-22-20-11-23(18)2/h3-9,11H,10H2,1-2H3,(H,21,24). The number of hydrogen-bond acceptors (Lipinski definition) is 4. The van der Waals surface area contributed by atoms with Crippen molar-refractivity contribution in [1.29, 1.82) is 0 Å². The lowest BCUT2D eigenvalue weighted by Gasteiger charge is -2.10. The van der Waals surface area contributed by atoms with Crippen LogP contribution < -0.4 is 5.32 Å². The van der Waals surface area contributed by atoms with E-state index in [9.17, 15) is 4.79 Å². The molecule has 0 bridgehead atoms. The SMILES string of the molecule is Cc1cc(I)ccc1NC(=O)c1cccc(CSc2nncn2C)c1. The van der Waals surface area contributed by atoms with E-state index in [-0.39, 0.29) is 5.91 Å². The van der Waals surface area contributed by atoms with Crippen LogP contribution >= 0.6 is 34.4 Å². The van der Waals surface area contributed by atoms with Crippen molar-refractivity contribution in [1.82, 2.24) is 14.8 Å². The first-order valence-electron chi connectivity index (χ1n) is 7.66. The van der Waals surface area contributed by atoms with Gasteiger partial charge in [-0.25, -0.2) is 0 Å². The van der Waals surface area contributed by atoms with Gasteiger partial charge in [-0.2, -0.15) is 0 Å². The van der Waals surface area contributed by atoms with Gasteiger partial charge in [0.25, 0.3) is 5.91 Å². The van der Waals surface area contributed by atoms with Crippen LogP contribution in [0.1, 0.15) is 21.5 Å². The second-order valence-electron chi connectivity index (χ2n) is 5.63. The molecule has 1 heterocycles. The Morgan fingerprint density at radius 1 is 1.28 bits per heavy atom. The van der Waals surface area contributed by atoms with Crippen molar-refractivity contribution >= 4 is 45.9 Å². The number of aromatic nitrogens is 3. The number of halogens is 1. The monoisotopic (exact) mass is 464 g/mol. The quantitative estimate of drug-likeness (QED) is 0.453. The van der Waals surface area contributed by atoms with Crippen LogP contribution in [0.5, 0.6) is 0 Å². The van der Waals surface area contributed by atoms with Gasteiger partial charge in [0.1, 0.15) is 6.33 Å². The van der Waals surface area contributed by atoms with Gasteiger partial charge in [-0.3, -0.25) is 4.79 Å². The second kappa shape index (κ2) is 8.01. The van der Waals surface area contributed by atoms with E-state index in [1.807, 2.05) is 61.0 Å². The molecule has 0 unspecified atom stereocenters. The topological polar surface area (TPSA) is 59.8 Å². The van der Waals surface area contributed by atoms with Crippen LogP contribution in [0.4, 0.5) is 5.69 Å². The first kappa shape index (κ1) is 17.9. The highest BCUT2D eigenvalue weighted by molar-refractivity contribution is 14.1. The highest BCUT2D eigenvalue weighted by atomic mass is 127. The third kappa shape index (κ3) is 4.60. The molecule has 0 saturated heterocycles. The molecule has 5 nitrogen and oxygen atoms in total. The Morgan fingerprint density at radius 2 is 2.12 bits per heavy atom. The minimum Gasteiger partial charge on any atom is -0.322 e. The van der Waals surface area contributed by atoms with Crippen LogP contribution in [-0.4, -0.2) is 20.7 Å². The van der Waals surface area contributed by atoms with Gasteiger partial charge in [-0.05, 0) is 71.0 Å². The summed E-state index contributed by atoms with van der Waals surface area (Å²) in [7, 11) is 1.91. The Kier molecular flexibility index (Phi) is 5.74. The summed E-state index contributed by atoms with van der Waals surface area (Å²) in [4.78, 5) is 12.5. The maximum absolute atomic E-state index is 12.5. The summed E-state index contributed by atoms with van der Waals surface area (Å²) in [5.41, 5.74) is 3.60. The summed E-state index contributed by atoms with van der Waals surface area (Å²) in [5.74, 6) is 0.630. The molecule has 3 aromatic rings. The molecule has 25 heavy (non-hydrogen) atoms. The fourth-order valence-corrected chi connectivity index (χ4v) is 3.79. The van der Waals surface area contributed by atoms with Crippen LogP contribution in [-0.2, 0) is 12.8 Å². The molecular weight excluding hydrogens is 447 g/mol. The Labute approximate surface area is 164 Å². The maximum atomic E-state index is 12.5. The second-order valence-corrected chi connectivity index (χ2v) is 7.81. The van der Waals surface area contributed by atoms with Gasteiger partial charge >= 0.3 is 0 Å². The summed E-state index contributed by atoms with van der Waals surface area (Å²) in [6, 6.07) is 13.6. The Morgan fingerprint density at radius 3 is 2.84 bits per heavy atom. The molecule has 0 fully saturated rings. The lowest BCUT2D eigenvalue weighted by Crippen LogP contribution is -2.13. The van der Waals surface area contributed by atoms with Crippen LogP contribution in [0.15, 0.2) is 53.9 Å². The predicted octanol–water partition coefficient (Wildman–Crippen LogP) is 4.27. The van der Waals surface area contributed by atoms with Crippen LogP contribution in [0.3, 0.4) is 0 Å². The molecule has 1 amide bonds. The third-order valence-corrected chi connectivity index (χ3v) is 5.44. The van der Waals surface area contributed by atoms with Crippen molar-refractivity contribution in [2.45, 2.75) is 17.8 Å². The Bertz CT molecular complexity index is 910. The highest BCUT2D eigenvalue weighted by Crippen LogP contribution is 2.22. The van der Waals surface area contributed by atoms with Crippen molar-refractivity contribution < 1.29 is 4.79 Å². The lowest BCUT2D eigenvalue weighted by molar-refractivity contribution is 0.102. The maximum Gasteiger partial charge on any atom is 0.255 e. The number of amides is 1. The number of thioether (sulfide) groups is 1. The van der Waals surface area contributed by atoms with Gasteiger partial charge in [0.05, 0.1) is 0 Å². The van der Waals surface area contributed by atoms with Crippen LogP contribution in [0, 0.1) is 10.5 Å². The molecule has 1 N–H and O–H groups in total. The summed E-state index contributed by atoms with van der Waals surface area (Å²) >= 11 is 3.85. The number of hydrogen-bond donors (Lipinski definition) is 1. The Balaban J connectivity index is 1.70. The normalized spacial score (nSPS) is 10.7. The molecule has 1 aromatic heterocycles. The van der Waals surface area contributed by atoms with E-state index in [4.69, 9.17) is 0 Å². The van der Waals surface area contributed by atoms with Gasteiger partial charge < -0.3 is 9.88 Å². The van der Waals surface area contributed by atoms with Crippen molar-refractivity contribution in [3.63, 3.8) is 0 Å². The molecule has 0 atom stereocenters. The molecule has 0 aliphatic heterocycles. The molecule has 0 aliphatic rings. The van der Waals surface area contributed by atoms with Crippen molar-refractivity contribution in [2.24, 2.45) is 7.05 Å². The number of benzene rings is 2. The van der Waals surface area contributed by atoms with E-state index >= 15 is 0 Å². The molecule has 7 heteroatoms. The zero-order valence-corrected chi connectivity index (χ0v) is 16.8. The zero-order chi connectivity index (χ0) is 17.8. The number of carbonyl (C=O) groups is 1. The minimum absolute atomic E-state index is 0.102. The number of nitrogens with zero attached hydrogens (tertiary/aromatic N) is 3. The van der Waals surface area contributed by atoms with Crippen LogP contribution in [0.25, 0.3) is 0 Å². The number of anilines is 1. The minimum atomic E-state index is -0.102. The fraction of sp³-hybridized carbons (Fsp3) is 0.167. The van der Waals surface area contributed by atoms with E-state index in [1.54, 1.807) is 18.1 Å². The molecule has 0 aliphatic carbocycles. The van der Waals surface area contributed by atoms with Gasteiger partial charge in [0.15, 0.2) is 5.16 Å². The smallest absolute Gasteiger partial charge is 0.255 e. The first-order valence-corrected chi connectivity index (χ1v) is 9.72. The molecule has 0 saturated carbocycles. The Hall–Kier alpha value is -1.87. The zero-order valence-electron chi connectivity index (χ0n) is 13.9. The average Bonchev–Trinajstić information content (AvgIpc) is 3.01.